The molecule has 2 aliphatic heterocycles. The molecule has 2 aromatic heterocycles. The number of piperidine rings is 1. The van der Waals surface area contributed by atoms with E-state index in [0.29, 0.717) is 12.1 Å². The third kappa shape index (κ3) is 4.12. The standard InChI is InChI=1S/C21H31N7O2/c1-13(2)28-17-11-18(22-12-16(17)24-21(28)30-5)25-19-10-14(3)23-20(26-19)27-8-6-15(29-4)7-9-27/h11-15H,6-10H2,1-5H3,(H,22,23,25,26). The Hall–Kier alpha value is -2.68. The van der Waals surface area contributed by atoms with Gasteiger partial charge in [0.15, 0.2) is 0 Å². The maximum atomic E-state index is 5.48. The average molecular weight is 414 g/mol. The number of ether oxygens (including phenoxy) is 2. The van der Waals surface area contributed by atoms with Crippen LogP contribution in [0.5, 0.6) is 6.01 Å². The molecule has 4 heterocycles. The first-order chi connectivity index (χ1) is 14.5. The summed E-state index contributed by atoms with van der Waals surface area (Å²) < 4.78 is 13.0. The lowest BCUT2D eigenvalue weighted by atomic mass is 10.1. The van der Waals surface area contributed by atoms with E-state index in [0.717, 1.165) is 61.0 Å². The number of anilines is 1. The fourth-order valence-corrected chi connectivity index (χ4v) is 4.08. The van der Waals surface area contributed by atoms with Gasteiger partial charge in [-0.15, -0.1) is 0 Å². The second-order valence-electron chi connectivity index (χ2n) is 8.21. The highest BCUT2D eigenvalue weighted by molar-refractivity contribution is 6.05. The van der Waals surface area contributed by atoms with E-state index in [1.54, 1.807) is 20.4 Å². The highest BCUT2D eigenvalue weighted by Crippen LogP contribution is 2.27. The Bertz CT molecular complexity index is 958. The third-order valence-electron chi connectivity index (χ3n) is 5.63. The first-order valence-electron chi connectivity index (χ1n) is 10.6. The van der Waals surface area contributed by atoms with Gasteiger partial charge in [-0.25, -0.2) is 15.0 Å². The van der Waals surface area contributed by atoms with Crippen molar-refractivity contribution in [2.75, 3.05) is 32.6 Å². The molecule has 0 bridgehead atoms. The summed E-state index contributed by atoms with van der Waals surface area (Å²) in [5.74, 6) is 2.44. The number of nitrogens with zero attached hydrogens (tertiary/aromatic N) is 6. The zero-order chi connectivity index (χ0) is 21.3. The van der Waals surface area contributed by atoms with Crippen LogP contribution in [0.15, 0.2) is 22.2 Å². The van der Waals surface area contributed by atoms with Gasteiger partial charge >= 0.3 is 0 Å². The van der Waals surface area contributed by atoms with Crippen LogP contribution in [0.25, 0.3) is 11.0 Å². The maximum Gasteiger partial charge on any atom is 0.297 e. The number of nitrogens with one attached hydrogen (secondary N) is 1. The van der Waals surface area contributed by atoms with E-state index in [1.165, 1.54) is 0 Å². The van der Waals surface area contributed by atoms with Crippen LogP contribution >= 0.6 is 0 Å². The molecule has 1 saturated heterocycles. The van der Waals surface area contributed by atoms with Crippen LogP contribution in [0.3, 0.4) is 0 Å². The van der Waals surface area contributed by atoms with E-state index in [-0.39, 0.29) is 12.1 Å². The Morgan fingerprint density at radius 3 is 2.63 bits per heavy atom. The largest absolute Gasteiger partial charge is 0.468 e. The number of hydrogen-bond donors (Lipinski definition) is 1. The van der Waals surface area contributed by atoms with Gasteiger partial charge in [-0.2, -0.15) is 4.98 Å². The predicted octanol–water partition coefficient (Wildman–Crippen LogP) is 3.09. The van der Waals surface area contributed by atoms with Crippen LogP contribution in [-0.2, 0) is 4.74 Å². The van der Waals surface area contributed by atoms with E-state index in [2.05, 4.69) is 45.5 Å². The zero-order valence-corrected chi connectivity index (χ0v) is 18.4. The van der Waals surface area contributed by atoms with Gasteiger partial charge in [-0.1, -0.05) is 0 Å². The van der Waals surface area contributed by atoms with Crippen molar-refractivity contribution >= 4 is 28.6 Å². The summed E-state index contributed by atoms with van der Waals surface area (Å²) in [6.45, 7) is 8.17. The summed E-state index contributed by atoms with van der Waals surface area (Å²) >= 11 is 0. The van der Waals surface area contributed by atoms with Gasteiger partial charge in [0.25, 0.3) is 6.01 Å². The Morgan fingerprint density at radius 2 is 1.97 bits per heavy atom. The molecule has 0 aliphatic carbocycles. The molecule has 1 atom stereocenters. The van der Waals surface area contributed by atoms with Crippen LogP contribution < -0.4 is 10.1 Å². The SMILES string of the molecule is COc1nc2cnc(NC3=NC(N4CCC(OC)CC4)=NC(C)C3)cc2n1C(C)C. The maximum absolute atomic E-state index is 5.48. The predicted molar refractivity (Wildman–Crippen MR) is 119 cm³/mol. The monoisotopic (exact) mass is 413 g/mol. The summed E-state index contributed by atoms with van der Waals surface area (Å²) in [7, 11) is 3.42. The normalized spacial score (nSPS) is 20.5. The molecule has 0 aromatic carbocycles. The molecular weight excluding hydrogens is 382 g/mol. The van der Waals surface area contributed by atoms with Crippen molar-refractivity contribution < 1.29 is 9.47 Å². The van der Waals surface area contributed by atoms with Crippen molar-refractivity contribution in [2.24, 2.45) is 9.98 Å². The number of pyridine rings is 1. The van der Waals surface area contributed by atoms with Gasteiger partial charge in [0, 0.05) is 38.7 Å². The minimum absolute atomic E-state index is 0.171. The number of rotatable bonds is 4. The van der Waals surface area contributed by atoms with E-state index in [1.807, 2.05) is 6.07 Å². The quantitative estimate of drug-likeness (QED) is 0.829. The van der Waals surface area contributed by atoms with Crippen LogP contribution in [0, 0.1) is 0 Å². The van der Waals surface area contributed by atoms with E-state index < -0.39 is 0 Å². The number of aromatic nitrogens is 3. The lowest BCUT2D eigenvalue weighted by Gasteiger charge is -2.33. The van der Waals surface area contributed by atoms with Gasteiger partial charge in [0.05, 0.1) is 31.0 Å². The number of imidazole rings is 1. The number of guanidine groups is 1. The lowest BCUT2D eigenvalue weighted by Crippen LogP contribution is -2.42. The Balaban J connectivity index is 1.56. The molecule has 2 aromatic rings. The number of aliphatic imine (C=N–C) groups is 2. The van der Waals surface area contributed by atoms with Crippen molar-refractivity contribution in [3.63, 3.8) is 0 Å². The molecule has 0 spiro atoms. The third-order valence-corrected chi connectivity index (χ3v) is 5.63. The van der Waals surface area contributed by atoms with Crippen molar-refractivity contribution in [1.82, 2.24) is 19.4 Å². The summed E-state index contributed by atoms with van der Waals surface area (Å²) in [6.07, 6.45) is 4.87. The van der Waals surface area contributed by atoms with Gasteiger partial charge in [0.2, 0.25) is 5.96 Å². The molecule has 0 radical (unpaired) electrons. The molecule has 0 amide bonds. The molecule has 4 rings (SSSR count). The van der Waals surface area contributed by atoms with E-state index in [4.69, 9.17) is 19.5 Å². The number of amidine groups is 1. The van der Waals surface area contributed by atoms with Crippen LogP contribution in [0.1, 0.15) is 46.1 Å². The second-order valence-corrected chi connectivity index (χ2v) is 8.21. The average Bonchev–Trinajstić information content (AvgIpc) is 3.11. The summed E-state index contributed by atoms with van der Waals surface area (Å²) in [4.78, 5) is 20.9. The minimum Gasteiger partial charge on any atom is -0.468 e. The molecule has 1 unspecified atom stereocenters. The van der Waals surface area contributed by atoms with Gasteiger partial charge in [0.1, 0.15) is 17.2 Å². The number of likely N-dealkylation sites (tertiary alicyclic amines) is 1. The van der Waals surface area contributed by atoms with Crippen molar-refractivity contribution in [2.45, 2.75) is 58.2 Å². The smallest absolute Gasteiger partial charge is 0.297 e. The van der Waals surface area contributed by atoms with E-state index in [9.17, 15) is 0 Å². The fourth-order valence-electron chi connectivity index (χ4n) is 4.08. The first-order valence-corrected chi connectivity index (χ1v) is 10.6. The highest BCUT2D eigenvalue weighted by Gasteiger charge is 2.25. The van der Waals surface area contributed by atoms with Crippen LogP contribution in [0.2, 0.25) is 0 Å². The van der Waals surface area contributed by atoms with Crippen molar-refractivity contribution in [3.05, 3.63) is 12.3 Å². The summed E-state index contributed by atoms with van der Waals surface area (Å²) in [5.41, 5.74) is 1.80. The molecule has 162 valence electrons. The molecule has 1 fully saturated rings. The minimum atomic E-state index is 0.171. The fraction of sp³-hybridized carbons (Fsp3) is 0.619. The van der Waals surface area contributed by atoms with Crippen LogP contribution in [0.4, 0.5) is 5.82 Å². The number of fused-ring (bicyclic) bond motifs is 1. The first kappa shape index (κ1) is 20.6. The zero-order valence-electron chi connectivity index (χ0n) is 18.4. The highest BCUT2D eigenvalue weighted by atomic mass is 16.5. The van der Waals surface area contributed by atoms with E-state index >= 15 is 0 Å². The molecule has 1 N–H and O–H groups in total. The Labute approximate surface area is 177 Å². The topological polar surface area (TPSA) is 89.2 Å². The Morgan fingerprint density at radius 1 is 1.20 bits per heavy atom. The Kier molecular flexibility index (Phi) is 5.90. The molecule has 9 nitrogen and oxygen atoms in total. The number of methoxy groups -OCH3 is 2. The van der Waals surface area contributed by atoms with Gasteiger partial charge in [-0.3, -0.25) is 4.57 Å². The van der Waals surface area contributed by atoms with Crippen molar-refractivity contribution in [3.8, 4) is 6.01 Å². The van der Waals surface area contributed by atoms with Crippen molar-refractivity contribution in [1.29, 1.82) is 0 Å². The molecule has 2 aliphatic rings. The summed E-state index contributed by atoms with van der Waals surface area (Å²) in [6, 6.07) is 3.00. The molecule has 0 saturated carbocycles. The number of hydrogen-bond acceptors (Lipinski definition) is 8. The van der Waals surface area contributed by atoms with Gasteiger partial charge < -0.3 is 19.7 Å². The van der Waals surface area contributed by atoms with Crippen LogP contribution in [-0.4, -0.2) is 70.7 Å². The second kappa shape index (κ2) is 8.59. The van der Waals surface area contributed by atoms with Gasteiger partial charge in [-0.05, 0) is 33.6 Å². The lowest BCUT2D eigenvalue weighted by molar-refractivity contribution is 0.0575. The molecule has 9 heteroatoms. The molecular formula is C21H31N7O2. The summed E-state index contributed by atoms with van der Waals surface area (Å²) in [5, 5.41) is 3.41. The molecule has 30 heavy (non-hydrogen) atoms.